The van der Waals surface area contributed by atoms with Gasteiger partial charge < -0.3 is 9.94 Å². The molecule has 0 spiro atoms. The Hall–Kier alpha value is -1.06. The summed E-state index contributed by atoms with van der Waals surface area (Å²) < 4.78 is 0. The van der Waals surface area contributed by atoms with Crippen molar-refractivity contribution in [2.45, 2.75) is 27.2 Å². The maximum absolute atomic E-state index is 9.57. The minimum absolute atomic E-state index is 0.359. The molecular formula is C11H17NO2. The van der Waals surface area contributed by atoms with Crippen LogP contribution in [0.1, 0.15) is 22.3 Å². The average molecular weight is 195 g/mol. The normalized spacial score (nSPS) is 10.6. The number of hydrogen-bond acceptors (Lipinski definition) is 3. The van der Waals surface area contributed by atoms with Crippen molar-refractivity contribution < 1.29 is 9.94 Å². The second-order valence-electron chi connectivity index (χ2n) is 3.56. The summed E-state index contributed by atoms with van der Waals surface area (Å²) in [4.78, 5) is 4.56. The van der Waals surface area contributed by atoms with Crippen LogP contribution in [-0.2, 0) is 11.3 Å². The molecule has 1 rings (SSSR count). The Morgan fingerprint density at radius 3 is 2.50 bits per heavy atom. The van der Waals surface area contributed by atoms with E-state index in [1.807, 2.05) is 20.8 Å². The Morgan fingerprint density at radius 2 is 1.93 bits per heavy atom. The van der Waals surface area contributed by atoms with E-state index < -0.39 is 0 Å². The van der Waals surface area contributed by atoms with Gasteiger partial charge in [-0.2, -0.15) is 0 Å². The Labute approximate surface area is 84.5 Å². The number of phenolic OH excluding ortho intramolecular Hbond substituents is 1. The van der Waals surface area contributed by atoms with Crippen LogP contribution < -0.4 is 5.90 Å². The van der Waals surface area contributed by atoms with Crippen molar-refractivity contribution in [3.05, 3.63) is 28.3 Å². The van der Waals surface area contributed by atoms with Gasteiger partial charge in [-0.25, -0.2) is 5.90 Å². The summed E-state index contributed by atoms with van der Waals surface area (Å²) in [5.41, 5.74) is 4.36. The molecule has 0 radical (unpaired) electrons. The second kappa shape index (κ2) is 4.44. The fraction of sp³-hybridized carbons (Fsp3) is 0.455. The third-order valence-electron chi connectivity index (χ3n) is 2.70. The Kier molecular flexibility index (Phi) is 3.49. The van der Waals surface area contributed by atoms with Crippen LogP contribution in [0.2, 0.25) is 0 Å². The van der Waals surface area contributed by atoms with Gasteiger partial charge in [0.1, 0.15) is 5.75 Å². The summed E-state index contributed by atoms with van der Waals surface area (Å²) in [6.07, 6.45) is 0.787. The number of nitrogens with two attached hydrogens (primary N) is 1. The lowest BCUT2D eigenvalue weighted by atomic mass is 9.95. The van der Waals surface area contributed by atoms with Crippen molar-refractivity contribution in [2.75, 3.05) is 6.61 Å². The van der Waals surface area contributed by atoms with Crippen molar-refractivity contribution >= 4 is 0 Å². The first-order valence-electron chi connectivity index (χ1n) is 4.68. The van der Waals surface area contributed by atoms with Gasteiger partial charge in [0.05, 0.1) is 6.61 Å². The van der Waals surface area contributed by atoms with Crippen molar-refractivity contribution in [3.63, 3.8) is 0 Å². The minimum Gasteiger partial charge on any atom is -0.508 e. The van der Waals surface area contributed by atoms with Crippen molar-refractivity contribution in [2.24, 2.45) is 5.90 Å². The highest BCUT2D eigenvalue weighted by Crippen LogP contribution is 2.26. The first kappa shape index (κ1) is 11.0. The van der Waals surface area contributed by atoms with Gasteiger partial charge in [-0.05, 0) is 55.5 Å². The highest BCUT2D eigenvalue weighted by Gasteiger charge is 2.08. The molecule has 0 aromatic heterocycles. The Morgan fingerprint density at radius 1 is 1.29 bits per heavy atom. The number of aromatic hydroxyl groups is 1. The predicted octanol–water partition coefficient (Wildman–Crippen LogP) is 1.75. The summed E-state index contributed by atoms with van der Waals surface area (Å²) in [7, 11) is 0. The van der Waals surface area contributed by atoms with Crippen LogP contribution in [0.15, 0.2) is 6.07 Å². The van der Waals surface area contributed by atoms with Gasteiger partial charge >= 0.3 is 0 Å². The zero-order chi connectivity index (χ0) is 10.7. The molecule has 0 unspecified atom stereocenters. The third-order valence-corrected chi connectivity index (χ3v) is 2.70. The largest absolute Gasteiger partial charge is 0.508 e. The highest BCUT2D eigenvalue weighted by atomic mass is 16.6. The summed E-state index contributed by atoms with van der Waals surface area (Å²) in [5, 5.41) is 9.57. The van der Waals surface area contributed by atoms with E-state index in [-0.39, 0.29) is 0 Å². The maximum Gasteiger partial charge on any atom is 0.119 e. The van der Waals surface area contributed by atoms with Crippen molar-refractivity contribution in [1.29, 1.82) is 0 Å². The van der Waals surface area contributed by atoms with E-state index in [2.05, 4.69) is 4.84 Å². The van der Waals surface area contributed by atoms with E-state index in [0.717, 1.165) is 23.1 Å². The average Bonchev–Trinajstić information content (AvgIpc) is 2.14. The molecule has 3 N–H and O–H groups in total. The zero-order valence-electron chi connectivity index (χ0n) is 8.92. The summed E-state index contributed by atoms with van der Waals surface area (Å²) in [6.45, 7) is 6.41. The quantitative estimate of drug-likeness (QED) is 0.722. The smallest absolute Gasteiger partial charge is 0.119 e. The van der Waals surface area contributed by atoms with Crippen LogP contribution in [0.3, 0.4) is 0 Å². The van der Waals surface area contributed by atoms with E-state index in [1.165, 1.54) is 5.56 Å². The topological polar surface area (TPSA) is 55.5 Å². The molecule has 78 valence electrons. The Bertz CT molecular complexity index is 335. The van der Waals surface area contributed by atoms with Crippen LogP contribution in [0.5, 0.6) is 5.75 Å². The number of rotatable bonds is 3. The SMILES string of the molecule is Cc1cc(O)c(C)c(C)c1CCON. The third kappa shape index (κ3) is 2.05. The lowest BCUT2D eigenvalue weighted by Crippen LogP contribution is -2.06. The summed E-state index contributed by atoms with van der Waals surface area (Å²) in [6, 6.07) is 1.79. The number of hydrogen-bond donors (Lipinski definition) is 2. The Balaban J connectivity index is 3.09. The lowest BCUT2D eigenvalue weighted by Gasteiger charge is -2.13. The summed E-state index contributed by atoms with van der Waals surface area (Å²) >= 11 is 0. The fourth-order valence-corrected chi connectivity index (χ4v) is 1.66. The summed E-state index contributed by atoms with van der Waals surface area (Å²) in [5.74, 6) is 5.35. The first-order valence-corrected chi connectivity index (χ1v) is 4.68. The van der Waals surface area contributed by atoms with Gasteiger partial charge in [0.25, 0.3) is 0 Å². The van der Waals surface area contributed by atoms with E-state index >= 15 is 0 Å². The van der Waals surface area contributed by atoms with Gasteiger partial charge in [0, 0.05) is 0 Å². The highest BCUT2D eigenvalue weighted by molar-refractivity contribution is 5.47. The fourth-order valence-electron chi connectivity index (χ4n) is 1.66. The first-order chi connectivity index (χ1) is 6.57. The molecule has 0 saturated carbocycles. The number of phenols is 1. The lowest BCUT2D eigenvalue weighted by molar-refractivity contribution is 0.141. The van der Waals surface area contributed by atoms with Gasteiger partial charge in [0.2, 0.25) is 0 Å². The molecule has 0 heterocycles. The molecular weight excluding hydrogens is 178 g/mol. The molecule has 0 saturated heterocycles. The number of benzene rings is 1. The molecule has 0 aliphatic carbocycles. The predicted molar refractivity (Wildman–Crippen MR) is 56.2 cm³/mol. The molecule has 3 nitrogen and oxygen atoms in total. The van der Waals surface area contributed by atoms with Crippen LogP contribution in [0, 0.1) is 20.8 Å². The van der Waals surface area contributed by atoms with Gasteiger partial charge in [-0.3, -0.25) is 0 Å². The monoisotopic (exact) mass is 195 g/mol. The second-order valence-corrected chi connectivity index (χ2v) is 3.56. The maximum atomic E-state index is 9.57. The van der Waals surface area contributed by atoms with Crippen molar-refractivity contribution in [1.82, 2.24) is 0 Å². The van der Waals surface area contributed by atoms with E-state index in [1.54, 1.807) is 6.07 Å². The van der Waals surface area contributed by atoms with Crippen LogP contribution in [-0.4, -0.2) is 11.7 Å². The van der Waals surface area contributed by atoms with E-state index in [0.29, 0.717) is 12.4 Å². The molecule has 14 heavy (non-hydrogen) atoms. The zero-order valence-corrected chi connectivity index (χ0v) is 8.92. The van der Waals surface area contributed by atoms with Gasteiger partial charge in [0.15, 0.2) is 0 Å². The van der Waals surface area contributed by atoms with E-state index in [9.17, 15) is 5.11 Å². The molecule has 3 heteroatoms. The van der Waals surface area contributed by atoms with Crippen LogP contribution in [0.4, 0.5) is 0 Å². The molecule has 0 bridgehead atoms. The van der Waals surface area contributed by atoms with Crippen LogP contribution >= 0.6 is 0 Å². The van der Waals surface area contributed by atoms with E-state index in [4.69, 9.17) is 5.90 Å². The number of aryl methyl sites for hydroxylation is 1. The molecule has 1 aromatic rings. The molecule has 1 aromatic carbocycles. The minimum atomic E-state index is 0.359. The van der Waals surface area contributed by atoms with Gasteiger partial charge in [-0.1, -0.05) is 0 Å². The standard InChI is InChI=1S/C11H17NO2/c1-7-6-11(13)9(3)8(2)10(7)4-5-14-12/h6,13H,4-5,12H2,1-3H3. The molecule has 0 amide bonds. The molecule has 0 atom stereocenters. The molecule has 0 aliphatic rings. The molecule has 0 fully saturated rings. The van der Waals surface area contributed by atoms with Crippen molar-refractivity contribution in [3.8, 4) is 5.75 Å². The molecule has 0 aliphatic heterocycles. The van der Waals surface area contributed by atoms with Crippen LogP contribution in [0.25, 0.3) is 0 Å². The van der Waals surface area contributed by atoms with Gasteiger partial charge in [-0.15, -0.1) is 0 Å².